The number of hydrogen-bond acceptors (Lipinski definition) is 1. The fraction of sp³-hybridized carbons (Fsp3) is 0.143. The summed E-state index contributed by atoms with van der Waals surface area (Å²) in [5.74, 6) is -0.893. The maximum absolute atomic E-state index is 13.3. The first kappa shape index (κ1) is 16.1. The molecule has 0 radical (unpaired) electrons. The average Bonchev–Trinajstić information content (AvgIpc) is 2.39. The summed E-state index contributed by atoms with van der Waals surface area (Å²) in [5.41, 5.74) is -1.78. The van der Waals surface area contributed by atoms with Gasteiger partial charge >= 0.3 is 6.18 Å². The van der Waals surface area contributed by atoms with Crippen molar-refractivity contribution in [2.75, 3.05) is 0 Å². The smallest absolute Gasteiger partial charge is 0.384 e. The Hall–Kier alpha value is -1.30. The number of rotatable bonds is 2. The van der Waals surface area contributed by atoms with E-state index in [4.69, 9.17) is 23.2 Å². The molecular weight excluding hydrogens is 331 g/mol. The highest BCUT2D eigenvalue weighted by Crippen LogP contribution is 2.39. The van der Waals surface area contributed by atoms with Crippen molar-refractivity contribution in [3.05, 3.63) is 69.0 Å². The van der Waals surface area contributed by atoms with Crippen LogP contribution in [0.25, 0.3) is 0 Å². The number of benzene rings is 2. The highest BCUT2D eigenvalue weighted by Gasteiger charge is 2.35. The largest absolute Gasteiger partial charge is 0.416 e. The Bertz CT molecular complexity index is 671. The molecular formula is C14H8Cl2F4O. The maximum Gasteiger partial charge on any atom is 0.416 e. The number of hydrogen-bond donors (Lipinski definition) is 1. The quantitative estimate of drug-likeness (QED) is 0.743. The van der Waals surface area contributed by atoms with Crippen LogP contribution in [-0.4, -0.2) is 5.11 Å². The van der Waals surface area contributed by atoms with E-state index in [2.05, 4.69) is 0 Å². The highest BCUT2D eigenvalue weighted by molar-refractivity contribution is 6.33. The fourth-order valence-corrected chi connectivity index (χ4v) is 2.31. The Morgan fingerprint density at radius 1 is 0.952 bits per heavy atom. The molecule has 0 fully saturated rings. The molecule has 2 aromatic rings. The van der Waals surface area contributed by atoms with Crippen molar-refractivity contribution in [3.8, 4) is 0 Å². The molecule has 0 aliphatic rings. The average molecular weight is 339 g/mol. The predicted molar refractivity (Wildman–Crippen MR) is 71.9 cm³/mol. The monoisotopic (exact) mass is 338 g/mol. The molecule has 0 amide bonds. The zero-order chi connectivity index (χ0) is 15.8. The summed E-state index contributed by atoms with van der Waals surface area (Å²) in [4.78, 5) is 0. The number of halogens is 6. The van der Waals surface area contributed by atoms with Crippen molar-refractivity contribution in [2.24, 2.45) is 0 Å². The van der Waals surface area contributed by atoms with Crippen LogP contribution in [0.4, 0.5) is 17.6 Å². The van der Waals surface area contributed by atoms with Gasteiger partial charge in [-0.2, -0.15) is 13.2 Å². The van der Waals surface area contributed by atoms with Gasteiger partial charge in [-0.1, -0.05) is 23.2 Å². The van der Waals surface area contributed by atoms with Crippen molar-refractivity contribution in [3.63, 3.8) is 0 Å². The van der Waals surface area contributed by atoms with Gasteiger partial charge in [0.05, 0.1) is 5.56 Å². The van der Waals surface area contributed by atoms with Crippen LogP contribution in [0.3, 0.4) is 0 Å². The van der Waals surface area contributed by atoms with Crippen LogP contribution < -0.4 is 0 Å². The summed E-state index contributed by atoms with van der Waals surface area (Å²) in [6.45, 7) is 0. The highest BCUT2D eigenvalue weighted by atomic mass is 35.5. The molecule has 1 nitrogen and oxygen atoms in total. The summed E-state index contributed by atoms with van der Waals surface area (Å²) < 4.78 is 52.1. The van der Waals surface area contributed by atoms with Crippen LogP contribution in [0.5, 0.6) is 0 Å². The molecule has 0 saturated heterocycles. The molecule has 112 valence electrons. The molecule has 0 saturated carbocycles. The molecule has 2 aromatic carbocycles. The van der Waals surface area contributed by atoms with Crippen LogP contribution in [0, 0.1) is 5.82 Å². The predicted octanol–water partition coefficient (Wildman–Crippen LogP) is 5.23. The second-order valence-corrected chi connectivity index (χ2v) is 5.14. The minimum absolute atomic E-state index is 0.0275. The van der Waals surface area contributed by atoms with Gasteiger partial charge in [-0.05, 0) is 36.4 Å². The summed E-state index contributed by atoms with van der Waals surface area (Å²) in [6, 6.07) is 5.89. The van der Waals surface area contributed by atoms with Gasteiger partial charge < -0.3 is 5.11 Å². The van der Waals surface area contributed by atoms with Crippen LogP contribution in [0.15, 0.2) is 36.4 Å². The van der Waals surface area contributed by atoms with E-state index in [1.165, 1.54) is 18.2 Å². The summed E-state index contributed by atoms with van der Waals surface area (Å²) in [6.07, 6.45) is -6.47. The van der Waals surface area contributed by atoms with Gasteiger partial charge in [0, 0.05) is 21.2 Å². The molecule has 0 bridgehead atoms. The molecule has 0 spiro atoms. The van der Waals surface area contributed by atoms with Gasteiger partial charge in [-0.3, -0.25) is 0 Å². The standard InChI is InChI=1S/C14H8Cl2F4O/c15-7-1-4-12(16)10(5-7)13(21)9-6-8(17)2-3-11(9)14(18,19)20/h1-6,13,21H. The maximum atomic E-state index is 13.3. The van der Waals surface area contributed by atoms with Crippen LogP contribution in [0.2, 0.25) is 10.0 Å². The summed E-state index contributed by atoms with van der Waals surface area (Å²) in [7, 11) is 0. The molecule has 2 rings (SSSR count). The third kappa shape index (κ3) is 3.48. The van der Waals surface area contributed by atoms with Gasteiger partial charge in [-0.25, -0.2) is 4.39 Å². The van der Waals surface area contributed by atoms with E-state index in [-0.39, 0.29) is 15.6 Å². The van der Waals surface area contributed by atoms with Crippen molar-refractivity contribution < 1.29 is 22.7 Å². The number of aliphatic hydroxyl groups excluding tert-OH is 1. The Balaban J connectivity index is 2.60. The lowest BCUT2D eigenvalue weighted by Gasteiger charge is -2.19. The van der Waals surface area contributed by atoms with E-state index in [1.807, 2.05) is 0 Å². The molecule has 21 heavy (non-hydrogen) atoms. The second kappa shape index (κ2) is 5.83. The van der Waals surface area contributed by atoms with Gasteiger partial charge in [0.1, 0.15) is 11.9 Å². The first-order valence-corrected chi connectivity index (χ1v) is 6.45. The van der Waals surface area contributed by atoms with Gasteiger partial charge in [-0.15, -0.1) is 0 Å². The normalized spacial score (nSPS) is 13.3. The molecule has 1 N–H and O–H groups in total. The molecule has 0 aliphatic heterocycles. The van der Waals surface area contributed by atoms with Gasteiger partial charge in [0.15, 0.2) is 0 Å². The minimum Gasteiger partial charge on any atom is -0.384 e. The van der Waals surface area contributed by atoms with E-state index in [9.17, 15) is 22.7 Å². The first-order chi connectivity index (χ1) is 9.70. The van der Waals surface area contributed by atoms with E-state index in [0.29, 0.717) is 18.2 Å². The molecule has 1 unspecified atom stereocenters. The van der Waals surface area contributed by atoms with E-state index < -0.39 is 29.2 Å². The zero-order valence-electron chi connectivity index (χ0n) is 10.3. The Morgan fingerprint density at radius 2 is 1.62 bits per heavy atom. The van der Waals surface area contributed by atoms with Crippen molar-refractivity contribution in [1.82, 2.24) is 0 Å². The Morgan fingerprint density at radius 3 is 2.24 bits per heavy atom. The summed E-state index contributed by atoms with van der Waals surface area (Å²) in [5, 5.41) is 10.4. The Labute approximate surface area is 127 Å². The van der Waals surface area contributed by atoms with Gasteiger partial charge in [0.25, 0.3) is 0 Å². The van der Waals surface area contributed by atoms with Crippen molar-refractivity contribution >= 4 is 23.2 Å². The SMILES string of the molecule is OC(c1cc(Cl)ccc1Cl)c1cc(F)ccc1C(F)(F)F. The minimum atomic E-state index is -4.73. The van der Waals surface area contributed by atoms with E-state index in [1.54, 1.807) is 0 Å². The first-order valence-electron chi connectivity index (χ1n) is 5.70. The van der Waals surface area contributed by atoms with Crippen molar-refractivity contribution in [2.45, 2.75) is 12.3 Å². The lowest BCUT2D eigenvalue weighted by Crippen LogP contribution is -2.13. The third-order valence-electron chi connectivity index (χ3n) is 2.87. The fourth-order valence-electron chi connectivity index (χ4n) is 1.91. The topological polar surface area (TPSA) is 20.2 Å². The Kier molecular flexibility index (Phi) is 4.46. The van der Waals surface area contributed by atoms with Gasteiger partial charge in [0.2, 0.25) is 0 Å². The number of alkyl halides is 3. The van der Waals surface area contributed by atoms with Crippen LogP contribution in [-0.2, 0) is 6.18 Å². The molecule has 0 aliphatic carbocycles. The van der Waals surface area contributed by atoms with Crippen LogP contribution in [0.1, 0.15) is 22.8 Å². The van der Waals surface area contributed by atoms with Crippen molar-refractivity contribution in [1.29, 1.82) is 0 Å². The lowest BCUT2D eigenvalue weighted by atomic mass is 9.96. The molecule has 1 atom stereocenters. The third-order valence-corrected chi connectivity index (χ3v) is 3.45. The zero-order valence-corrected chi connectivity index (χ0v) is 11.8. The molecule has 0 aromatic heterocycles. The molecule has 0 heterocycles. The van der Waals surface area contributed by atoms with E-state index >= 15 is 0 Å². The second-order valence-electron chi connectivity index (χ2n) is 4.30. The van der Waals surface area contributed by atoms with Crippen LogP contribution >= 0.6 is 23.2 Å². The lowest BCUT2D eigenvalue weighted by molar-refractivity contribution is -0.139. The summed E-state index contributed by atoms with van der Waals surface area (Å²) >= 11 is 11.6. The van der Waals surface area contributed by atoms with E-state index in [0.717, 1.165) is 0 Å². The number of aliphatic hydroxyl groups is 1. The molecule has 7 heteroatoms.